The van der Waals surface area contributed by atoms with Crippen LogP contribution in [0.4, 0.5) is 11.1 Å². The lowest BCUT2D eigenvalue weighted by atomic mass is 10.3. The van der Waals surface area contributed by atoms with Crippen molar-refractivity contribution in [3.63, 3.8) is 0 Å². The number of nitrogen functional groups attached to an aromatic ring is 1. The largest absolute Gasteiger partial charge is 0.497 e. The second-order valence-corrected chi connectivity index (χ2v) is 7.42. The number of thioether (sulfide) groups is 1. The van der Waals surface area contributed by atoms with Gasteiger partial charge < -0.3 is 15.8 Å². The Bertz CT molecular complexity index is 907. The molecular weight excluding hydrogens is 360 g/mol. The molecule has 0 bridgehead atoms. The molecule has 1 aromatic carbocycles. The van der Waals surface area contributed by atoms with Crippen molar-refractivity contribution >= 4 is 50.3 Å². The lowest BCUT2D eigenvalue weighted by molar-refractivity contribution is -0.118. The monoisotopic (exact) mass is 378 g/mol. The number of methoxy groups -OCH3 is 1. The summed E-state index contributed by atoms with van der Waals surface area (Å²) in [6.07, 6.45) is 0. The number of nitrogens with two attached hydrogens (primary N) is 1. The normalized spacial score (nSPS) is 12.3. The molecule has 0 radical (unpaired) electrons. The SMILES string of the molecule is CCSc1nnc(N)n1C(C)C(=O)Nc1nc2ccc(OC)cc2s1. The van der Waals surface area contributed by atoms with Crippen LogP contribution in [0.2, 0.25) is 0 Å². The summed E-state index contributed by atoms with van der Waals surface area (Å²) in [5.74, 6) is 1.55. The number of carbonyl (C=O) groups is 1. The van der Waals surface area contributed by atoms with Gasteiger partial charge in [0.1, 0.15) is 11.8 Å². The lowest BCUT2D eigenvalue weighted by Crippen LogP contribution is -2.25. The molecule has 3 aromatic rings. The van der Waals surface area contributed by atoms with E-state index in [-0.39, 0.29) is 11.9 Å². The molecule has 0 aliphatic rings. The van der Waals surface area contributed by atoms with Crippen molar-refractivity contribution in [2.75, 3.05) is 23.9 Å². The third kappa shape index (κ3) is 3.54. The van der Waals surface area contributed by atoms with Crippen LogP contribution < -0.4 is 15.8 Å². The Labute approximate surface area is 152 Å². The molecule has 3 rings (SSSR count). The van der Waals surface area contributed by atoms with Gasteiger partial charge in [0.2, 0.25) is 11.9 Å². The van der Waals surface area contributed by atoms with Gasteiger partial charge in [-0.05, 0) is 30.9 Å². The number of fused-ring (bicyclic) bond motifs is 1. The minimum absolute atomic E-state index is 0.215. The van der Waals surface area contributed by atoms with Gasteiger partial charge in [-0.2, -0.15) is 0 Å². The van der Waals surface area contributed by atoms with E-state index >= 15 is 0 Å². The summed E-state index contributed by atoms with van der Waals surface area (Å²) in [5.41, 5.74) is 6.67. The number of hydrogen-bond donors (Lipinski definition) is 2. The maximum atomic E-state index is 12.6. The maximum absolute atomic E-state index is 12.6. The molecular formula is C15H18N6O2S2. The Morgan fingerprint density at radius 2 is 2.28 bits per heavy atom. The molecule has 2 aromatic heterocycles. The lowest BCUT2D eigenvalue weighted by Gasteiger charge is -2.15. The first kappa shape index (κ1) is 17.5. The number of nitrogens with zero attached hydrogens (tertiary/aromatic N) is 4. The van der Waals surface area contributed by atoms with E-state index < -0.39 is 6.04 Å². The zero-order valence-corrected chi connectivity index (χ0v) is 15.6. The van der Waals surface area contributed by atoms with E-state index in [1.54, 1.807) is 18.6 Å². The molecule has 3 N–H and O–H groups in total. The summed E-state index contributed by atoms with van der Waals surface area (Å²) in [5, 5.41) is 11.9. The number of benzene rings is 1. The number of anilines is 2. The topological polar surface area (TPSA) is 108 Å². The Kier molecular flexibility index (Phi) is 5.09. The van der Waals surface area contributed by atoms with E-state index in [1.165, 1.54) is 23.1 Å². The zero-order valence-electron chi connectivity index (χ0n) is 14.0. The van der Waals surface area contributed by atoms with Gasteiger partial charge in [0, 0.05) is 0 Å². The first-order valence-corrected chi connectivity index (χ1v) is 9.42. The quantitative estimate of drug-likeness (QED) is 0.635. The van der Waals surface area contributed by atoms with Crippen molar-refractivity contribution < 1.29 is 9.53 Å². The fraction of sp³-hybridized carbons (Fsp3) is 0.333. The van der Waals surface area contributed by atoms with Crippen LogP contribution in [0.15, 0.2) is 23.4 Å². The van der Waals surface area contributed by atoms with Crippen LogP contribution in [0, 0.1) is 0 Å². The van der Waals surface area contributed by atoms with Gasteiger partial charge in [-0.15, -0.1) is 10.2 Å². The highest BCUT2D eigenvalue weighted by atomic mass is 32.2. The molecule has 8 nitrogen and oxygen atoms in total. The van der Waals surface area contributed by atoms with Gasteiger partial charge in [0.25, 0.3) is 0 Å². The van der Waals surface area contributed by atoms with Gasteiger partial charge in [-0.25, -0.2) is 4.98 Å². The van der Waals surface area contributed by atoms with Crippen LogP contribution in [-0.2, 0) is 4.79 Å². The summed E-state index contributed by atoms with van der Waals surface area (Å²) in [6.45, 7) is 3.76. The van der Waals surface area contributed by atoms with Crippen LogP contribution in [0.3, 0.4) is 0 Å². The summed E-state index contributed by atoms with van der Waals surface area (Å²) in [6, 6.07) is 5.03. The molecule has 0 spiro atoms. The molecule has 1 amide bonds. The minimum atomic E-state index is -0.550. The number of thiazole rings is 1. The van der Waals surface area contributed by atoms with Crippen LogP contribution in [-0.4, -0.2) is 38.5 Å². The molecule has 0 saturated heterocycles. The molecule has 0 aliphatic carbocycles. The van der Waals surface area contributed by atoms with Crippen molar-refractivity contribution in [3.05, 3.63) is 18.2 Å². The molecule has 1 atom stereocenters. The first-order valence-electron chi connectivity index (χ1n) is 7.62. The summed E-state index contributed by atoms with van der Waals surface area (Å²) in [4.78, 5) is 17.0. The van der Waals surface area contributed by atoms with Crippen LogP contribution >= 0.6 is 23.1 Å². The second kappa shape index (κ2) is 7.28. The third-order valence-electron chi connectivity index (χ3n) is 3.56. The minimum Gasteiger partial charge on any atom is -0.497 e. The maximum Gasteiger partial charge on any atom is 0.249 e. The highest BCUT2D eigenvalue weighted by Gasteiger charge is 2.23. The molecule has 0 aliphatic heterocycles. The molecule has 132 valence electrons. The molecule has 0 fully saturated rings. The van der Waals surface area contributed by atoms with Crippen molar-refractivity contribution in [1.29, 1.82) is 0 Å². The number of ether oxygens (including phenoxy) is 1. The van der Waals surface area contributed by atoms with E-state index in [9.17, 15) is 4.79 Å². The smallest absolute Gasteiger partial charge is 0.249 e. The van der Waals surface area contributed by atoms with Gasteiger partial charge in [-0.3, -0.25) is 9.36 Å². The van der Waals surface area contributed by atoms with Gasteiger partial charge >= 0.3 is 0 Å². The molecule has 10 heteroatoms. The van der Waals surface area contributed by atoms with E-state index in [0.29, 0.717) is 10.3 Å². The van der Waals surface area contributed by atoms with E-state index in [0.717, 1.165) is 21.7 Å². The predicted molar refractivity (Wildman–Crippen MR) is 100 cm³/mol. The molecule has 1 unspecified atom stereocenters. The van der Waals surface area contributed by atoms with E-state index in [2.05, 4.69) is 20.5 Å². The number of nitrogens with one attached hydrogen (secondary N) is 1. The zero-order chi connectivity index (χ0) is 18.0. The number of carbonyl (C=O) groups excluding carboxylic acids is 1. The Hall–Kier alpha value is -2.33. The van der Waals surface area contributed by atoms with Gasteiger partial charge in [0.05, 0.1) is 17.3 Å². The number of amides is 1. The van der Waals surface area contributed by atoms with Gasteiger partial charge in [0.15, 0.2) is 10.3 Å². The summed E-state index contributed by atoms with van der Waals surface area (Å²) < 4.78 is 7.77. The van der Waals surface area contributed by atoms with Crippen LogP contribution in [0.5, 0.6) is 5.75 Å². The van der Waals surface area contributed by atoms with Crippen LogP contribution in [0.1, 0.15) is 19.9 Å². The second-order valence-electron chi connectivity index (χ2n) is 5.16. The number of aromatic nitrogens is 4. The highest BCUT2D eigenvalue weighted by molar-refractivity contribution is 7.99. The van der Waals surface area contributed by atoms with E-state index in [1.807, 2.05) is 25.1 Å². The average Bonchev–Trinajstić information content (AvgIpc) is 3.16. The fourth-order valence-electron chi connectivity index (χ4n) is 2.29. The Balaban J connectivity index is 1.81. The highest BCUT2D eigenvalue weighted by Crippen LogP contribution is 2.30. The molecule has 0 saturated carbocycles. The standard InChI is InChI=1S/C15H18N6O2S2/c1-4-24-15-20-19-13(16)21(15)8(2)12(22)18-14-17-10-6-5-9(23-3)7-11(10)25-14/h5-8H,4H2,1-3H3,(H2,16,19)(H,17,18,22). The third-order valence-corrected chi connectivity index (χ3v) is 5.32. The van der Waals surface area contributed by atoms with E-state index in [4.69, 9.17) is 10.5 Å². The molecule has 25 heavy (non-hydrogen) atoms. The Morgan fingerprint density at radius 3 is 3.00 bits per heavy atom. The predicted octanol–water partition coefficient (Wildman–Crippen LogP) is 2.79. The molecule has 2 heterocycles. The summed E-state index contributed by atoms with van der Waals surface area (Å²) in [7, 11) is 1.61. The Morgan fingerprint density at radius 1 is 1.48 bits per heavy atom. The van der Waals surface area contributed by atoms with Gasteiger partial charge in [-0.1, -0.05) is 30.0 Å². The summed E-state index contributed by atoms with van der Waals surface area (Å²) >= 11 is 2.87. The number of rotatable bonds is 6. The number of hydrogen-bond acceptors (Lipinski definition) is 8. The fourth-order valence-corrected chi connectivity index (χ4v) is 3.94. The van der Waals surface area contributed by atoms with Crippen molar-refractivity contribution in [2.24, 2.45) is 0 Å². The first-order chi connectivity index (χ1) is 12.0. The van der Waals surface area contributed by atoms with Crippen molar-refractivity contribution in [3.8, 4) is 5.75 Å². The average molecular weight is 378 g/mol. The van der Waals surface area contributed by atoms with Crippen molar-refractivity contribution in [2.45, 2.75) is 25.0 Å². The van der Waals surface area contributed by atoms with Crippen molar-refractivity contribution in [1.82, 2.24) is 19.7 Å². The van der Waals surface area contributed by atoms with Crippen LogP contribution in [0.25, 0.3) is 10.2 Å².